The van der Waals surface area contributed by atoms with Gasteiger partial charge < -0.3 is 25.0 Å². The number of benzene rings is 1. The second-order valence-corrected chi connectivity index (χ2v) is 5.20. The molecule has 0 amide bonds. The van der Waals surface area contributed by atoms with E-state index in [0.29, 0.717) is 18.8 Å². The predicted octanol–water partition coefficient (Wildman–Crippen LogP) is 1.22. The number of nitrogens with zero attached hydrogens (tertiary/aromatic N) is 3. The lowest BCUT2D eigenvalue weighted by Gasteiger charge is -2.14. The molecule has 1 aromatic carbocycles. The minimum Gasteiger partial charge on any atom is -0.491 e. The van der Waals surface area contributed by atoms with Gasteiger partial charge in [0.15, 0.2) is 5.57 Å². The van der Waals surface area contributed by atoms with E-state index in [9.17, 15) is 15.2 Å². The Morgan fingerprint density at radius 3 is 2.52 bits per heavy atom. The number of aliphatic hydroxyl groups is 2. The predicted molar refractivity (Wildman–Crippen MR) is 93.1 cm³/mol. The zero-order chi connectivity index (χ0) is 20.2. The lowest BCUT2D eigenvalue weighted by atomic mass is 10.1. The molecule has 0 fully saturated rings. The third-order valence-electron chi connectivity index (χ3n) is 3.14. The minimum atomic E-state index is -1.19. The third kappa shape index (κ3) is 6.33. The fourth-order valence-corrected chi connectivity index (χ4v) is 1.82. The summed E-state index contributed by atoms with van der Waals surface area (Å²) < 4.78 is 10.4. The molecule has 1 atom stereocenters. The lowest BCUT2D eigenvalue weighted by Crippen LogP contribution is -2.22. The van der Waals surface area contributed by atoms with Crippen molar-refractivity contribution in [2.45, 2.75) is 19.4 Å². The molecular weight excluding hydrogens is 352 g/mol. The van der Waals surface area contributed by atoms with Crippen molar-refractivity contribution in [3.05, 3.63) is 35.0 Å². The van der Waals surface area contributed by atoms with Crippen molar-refractivity contribution in [2.24, 2.45) is 0 Å². The van der Waals surface area contributed by atoms with Crippen molar-refractivity contribution < 1.29 is 24.5 Å². The Hall–Kier alpha value is -3.58. The highest BCUT2D eigenvalue weighted by molar-refractivity contribution is 5.91. The molecule has 0 aliphatic rings. The molecule has 0 aliphatic heterocycles. The molecule has 0 spiro atoms. The SMILES string of the molecule is CCCOc1ccc(C(=O)OCC(O)CO)cc1NC(C#N)=C(C#N)C#N. The molecule has 0 aromatic heterocycles. The van der Waals surface area contributed by atoms with E-state index in [1.165, 1.54) is 18.2 Å². The van der Waals surface area contributed by atoms with Crippen molar-refractivity contribution in [1.82, 2.24) is 0 Å². The van der Waals surface area contributed by atoms with E-state index in [1.807, 2.05) is 6.92 Å². The second kappa shape index (κ2) is 11.1. The Morgan fingerprint density at radius 2 is 1.96 bits per heavy atom. The van der Waals surface area contributed by atoms with Crippen LogP contribution in [-0.4, -0.2) is 42.1 Å². The zero-order valence-corrected chi connectivity index (χ0v) is 14.6. The number of esters is 1. The van der Waals surface area contributed by atoms with Crippen LogP contribution in [0.3, 0.4) is 0 Å². The molecule has 9 heteroatoms. The summed E-state index contributed by atoms with van der Waals surface area (Å²) in [4.78, 5) is 12.1. The molecule has 0 saturated heterocycles. The summed E-state index contributed by atoms with van der Waals surface area (Å²) in [6, 6.07) is 9.18. The standard InChI is InChI=1S/C18H18N4O5/c1-2-5-26-17-4-3-12(18(25)27-11-14(24)10-23)6-15(17)22-16(9-21)13(7-19)8-20/h3-4,6,14,22-24H,2,5,10-11H2,1H3. The van der Waals surface area contributed by atoms with Crippen LogP contribution in [0, 0.1) is 34.0 Å². The number of carbonyl (C=O) groups excluding carboxylic acids is 1. The van der Waals surface area contributed by atoms with Crippen molar-refractivity contribution in [1.29, 1.82) is 15.8 Å². The first-order valence-electron chi connectivity index (χ1n) is 7.95. The van der Waals surface area contributed by atoms with Crippen LogP contribution in [0.2, 0.25) is 0 Å². The van der Waals surface area contributed by atoms with Gasteiger partial charge in [0.1, 0.15) is 42.4 Å². The largest absolute Gasteiger partial charge is 0.491 e. The van der Waals surface area contributed by atoms with Crippen molar-refractivity contribution in [3.63, 3.8) is 0 Å². The molecule has 0 aliphatic carbocycles. The first kappa shape index (κ1) is 21.5. The van der Waals surface area contributed by atoms with Gasteiger partial charge in [-0.25, -0.2) is 4.79 Å². The third-order valence-corrected chi connectivity index (χ3v) is 3.14. The monoisotopic (exact) mass is 370 g/mol. The van der Waals surface area contributed by atoms with Crippen LogP contribution in [0.5, 0.6) is 5.75 Å². The van der Waals surface area contributed by atoms with Crippen LogP contribution in [0.15, 0.2) is 29.5 Å². The molecule has 1 unspecified atom stereocenters. The van der Waals surface area contributed by atoms with E-state index in [2.05, 4.69) is 5.32 Å². The Balaban J connectivity index is 3.20. The van der Waals surface area contributed by atoms with Gasteiger partial charge in [-0.15, -0.1) is 0 Å². The number of aliphatic hydroxyl groups excluding tert-OH is 2. The number of nitriles is 3. The molecule has 0 bridgehead atoms. The number of rotatable bonds is 9. The fraction of sp³-hybridized carbons (Fsp3) is 0.333. The normalized spacial score (nSPS) is 10.5. The molecule has 0 saturated carbocycles. The average molecular weight is 370 g/mol. The molecule has 1 rings (SSSR count). The molecule has 1 aromatic rings. The minimum absolute atomic E-state index is 0.0826. The van der Waals surface area contributed by atoms with Crippen molar-refractivity contribution >= 4 is 11.7 Å². The van der Waals surface area contributed by atoms with Crippen molar-refractivity contribution in [3.8, 4) is 24.0 Å². The number of nitrogens with one attached hydrogen (secondary N) is 1. The van der Waals surface area contributed by atoms with Gasteiger partial charge in [0.25, 0.3) is 0 Å². The lowest BCUT2D eigenvalue weighted by molar-refractivity contribution is 0.00933. The van der Waals surface area contributed by atoms with Crippen molar-refractivity contribution in [2.75, 3.05) is 25.1 Å². The summed E-state index contributed by atoms with van der Waals surface area (Å²) in [5.74, 6) is -0.456. The fourth-order valence-electron chi connectivity index (χ4n) is 1.82. The molecule has 3 N–H and O–H groups in total. The summed E-state index contributed by atoms with van der Waals surface area (Å²) in [6.45, 7) is 1.33. The summed E-state index contributed by atoms with van der Waals surface area (Å²) in [5, 5.41) is 47.7. The van der Waals surface area contributed by atoms with Crippen LogP contribution in [0.4, 0.5) is 5.69 Å². The van der Waals surface area contributed by atoms with Crippen LogP contribution in [0.1, 0.15) is 23.7 Å². The molecule has 0 heterocycles. The zero-order valence-electron chi connectivity index (χ0n) is 14.6. The van der Waals surface area contributed by atoms with Crippen LogP contribution < -0.4 is 10.1 Å². The molecule has 27 heavy (non-hydrogen) atoms. The molecule has 9 nitrogen and oxygen atoms in total. The van der Waals surface area contributed by atoms with Crippen LogP contribution in [-0.2, 0) is 4.74 Å². The van der Waals surface area contributed by atoms with E-state index in [4.69, 9.17) is 25.1 Å². The van der Waals surface area contributed by atoms with E-state index in [-0.39, 0.29) is 23.6 Å². The maximum absolute atomic E-state index is 12.1. The number of allylic oxidation sites excluding steroid dienone is 2. The van der Waals surface area contributed by atoms with E-state index in [1.54, 1.807) is 18.2 Å². The summed E-state index contributed by atoms with van der Waals surface area (Å²) in [5.41, 5.74) is -0.431. The van der Waals surface area contributed by atoms with Gasteiger partial charge in [0, 0.05) is 0 Å². The highest BCUT2D eigenvalue weighted by atomic mass is 16.5. The van der Waals surface area contributed by atoms with Gasteiger partial charge >= 0.3 is 5.97 Å². The average Bonchev–Trinajstić information content (AvgIpc) is 2.70. The summed E-state index contributed by atoms with van der Waals surface area (Å²) in [6.07, 6.45) is -0.481. The number of anilines is 1. The number of hydrogen-bond donors (Lipinski definition) is 3. The Morgan fingerprint density at radius 1 is 1.26 bits per heavy atom. The number of ether oxygens (including phenoxy) is 2. The van der Waals surface area contributed by atoms with Crippen LogP contribution in [0.25, 0.3) is 0 Å². The highest BCUT2D eigenvalue weighted by Crippen LogP contribution is 2.28. The van der Waals surface area contributed by atoms with Gasteiger partial charge in [-0.1, -0.05) is 6.92 Å². The Bertz CT molecular complexity index is 814. The first-order chi connectivity index (χ1) is 13.0. The maximum atomic E-state index is 12.1. The number of hydrogen-bond acceptors (Lipinski definition) is 9. The second-order valence-electron chi connectivity index (χ2n) is 5.20. The topological polar surface area (TPSA) is 159 Å². The molecule has 0 radical (unpaired) electrons. The molecular formula is C18H18N4O5. The van der Waals surface area contributed by atoms with Crippen LogP contribution >= 0.6 is 0 Å². The number of carbonyl (C=O) groups is 1. The first-order valence-corrected chi connectivity index (χ1v) is 7.95. The van der Waals surface area contributed by atoms with E-state index in [0.717, 1.165) is 0 Å². The summed E-state index contributed by atoms with van der Waals surface area (Å²) >= 11 is 0. The quantitative estimate of drug-likeness (QED) is 0.429. The Kier molecular flexibility index (Phi) is 8.84. The van der Waals surface area contributed by atoms with Gasteiger partial charge in [0.2, 0.25) is 0 Å². The molecule has 140 valence electrons. The smallest absolute Gasteiger partial charge is 0.338 e. The summed E-state index contributed by atoms with van der Waals surface area (Å²) in [7, 11) is 0. The van der Waals surface area contributed by atoms with E-state index < -0.39 is 24.3 Å². The van der Waals surface area contributed by atoms with Gasteiger partial charge in [-0.05, 0) is 24.6 Å². The van der Waals surface area contributed by atoms with E-state index >= 15 is 0 Å². The Labute approximate surface area is 156 Å². The van der Waals surface area contributed by atoms with Gasteiger partial charge in [-0.2, -0.15) is 15.8 Å². The highest BCUT2D eigenvalue weighted by Gasteiger charge is 2.16. The van der Waals surface area contributed by atoms with Gasteiger partial charge in [-0.3, -0.25) is 0 Å². The van der Waals surface area contributed by atoms with Gasteiger partial charge in [0.05, 0.1) is 24.5 Å². The maximum Gasteiger partial charge on any atom is 0.338 e.